The number of nitrogens with one attached hydrogen (secondary N) is 1. The summed E-state index contributed by atoms with van der Waals surface area (Å²) in [6, 6.07) is 6.44. The van der Waals surface area contributed by atoms with Crippen LogP contribution in [0.2, 0.25) is 5.02 Å². The van der Waals surface area contributed by atoms with Crippen LogP contribution in [0.15, 0.2) is 18.2 Å². The molecule has 0 unspecified atom stereocenters. The van der Waals surface area contributed by atoms with Gasteiger partial charge in [0, 0.05) is 19.6 Å². The zero-order chi connectivity index (χ0) is 12.8. The van der Waals surface area contributed by atoms with Crippen LogP contribution in [0.1, 0.15) is 37.7 Å². The van der Waals surface area contributed by atoms with Crippen molar-refractivity contribution in [2.24, 2.45) is 0 Å². The number of benzene rings is 1. The van der Waals surface area contributed by atoms with Gasteiger partial charge in [-0.05, 0) is 37.6 Å². The molecule has 0 spiro atoms. The third-order valence-corrected chi connectivity index (χ3v) is 3.89. The van der Waals surface area contributed by atoms with E-state index in [0.717, 1.165) is 24.7 Å². The Morgan fingerprint density at radius 1 is 1.11 bits per heavy atom. The summed E-state index contributed by atoms with van der Waals surface area (Å²) in [5, 5.41) is 4.05. The van der Waals surface area contributed by atoms with Gasteiger partial charge in [0.15, 0.2) is 0 Å². The van der Waals surface area contributed by atoms with E-state index in [1.165, 1.54) is 43.4 Å². The summed E-state index contributed by atoms with van der Waals surface area (Å²) < 4.78 is 0. The van der Waals surface area contributed by atoms with Gasteiger partial charge in [-0.3, -0.25) is 0 Å². The van der Waals surface area contributed by atoms with E-state index in [4.69, 9.17) is 11.6 Å². The van der Waals surface area contributed by atoms with E-state index in [2.05, 4.69) is 28.4 Å². The summed E-state index contributed by atoms with van der Waals surface area (Å²) in [5.74, 6) is 0. The zero-order valence-corrected chi connectivity index (χ0v) is 12.0. The molecule has 1 aliphatic heterocycles. The minimum atomic E-state index is 0.875. The van der Waals surface area contributed by atoms with Crippen LogP contribution in [0.5, 0.6) is 0 Å². The molecular formula is C15H23ClN2. The molecule has 2 rings (SSSR count). The molecule has 2 nitrogen and oxygen atoms in total. The summed E-state index contributed by atoms with van der Waals surface area (Å²) >= 11 is 6.42. The Morgan fingerprint density at radius 3 is 2.39 bits per heavy atom. The van der Waals surface area contributed by atoms with Crippen LogP contribution in [0.3, 0.4) is 0 Å². The van der Waals surface area contributed by atoms with Gasteiger partial charge in [-0.1, -0.05) is 36.9 Å². The van der Waals surface area contributed by atoms with E-state index in [1.54, 1.807) is 0 Å². The van der Waals surface area contributed by atoms with E-state index in [1.807, 2.05) is 7.05 Å². The highest BCUT2D eigenvalue weighted by atomic mass is 35.5. The molecule has 0 saturated carbocycles. The van der Waals surface area contributed by atoms with E-state index in [0.29, 0.717) is 0 Å². The second kappa shape index (κ2) is 7.01. The van der Waals surface area contributed by atoms with Gasteiger partial charge in [0.1, 0.15) is 0 Å². The number of hydrogen-bond acceptors (Lipinski definition) is 2. The molecule has 1 saturated heterocycles. The number of nitrogens with zero attached hydrogens (tertiary/aromatic N) is 1. The highest BCUT2D eigenvalue weighted by Crippen LogP contribution is 2.28. The van der Waals surface area contributed by atoms with Crippen molar-refractivity contribution in [1.29, 1.82) is 0 Å². The largest absolute Gasteiger partial charge is 0.370 e. The Bertz CT molecular complexity index is 371. The molecule has 3 heteroatoms. The summed E-state index contributed by atoms with van der Waals surface area (Å²) in [5.41, 5.74) is 2.46. The molecule has 0 aliphatic carbocycles. The lowest BCUT2D eigenvalue weighted by atomic mass is 10.1. The molecule has 1 aliphatic rings. The van der Waals surface area contributed by atoms with Crippen molar-refractivity contribution in [2.75, 3.05) is 25.0 Å². The van der Waals surface area contributed by atoms with Crippen molar-refractivity contribution in [2.45, 2.75) is 38.6 Å². The SMILES string of the molecule is CNCc1ccc(N2CCCCCCC2)c(Cl)c1. The maximum Gasteiger partial charge on any atom is 0.0642 e. The fraction of sp³-hybridized carbons (Fsp3) is 0.600. The molecule has 1 heterocycles. The number of halogens is 1. The third-order valence-electron chi connectivity index (χ3n) is 3.59. The maximum absolute atomic E-state index is 6.42. The molecule has 1 N–H and O–H groups in total. The monoisotopic (exact) mass is 266 g/mol. The van der Waals surface area contributed by atoms with Gasteiger partial charge < -0.3 is 10.2 Å². The highest BCUT2D eigenvalue weighted by Gasteiger charge is 2.12. The molecule has 18 heavy (non-hydrogen) atoms. The quantitative estimate of drug-likeness (QED) is 0.895. The van der Waals surface area contributed by atoms with Crippen molar-refractivity contribution >= 4 is 17.3 Å². The summed E-state index contributed by atoms with van der Waals surface area (Å²) in [7, 11) is 1.96. The van der Waals surface area contributed by atoms with Crippen LogP contribution in [0.4, 0.5) is 5.69 Å². The standard InChI is InChI=1S/C15H23ClN2/c1-17-12-13-7-8-15(14(16)11-13)18-9-5-3-2-4-6-10-18/h7-8,11,17H,2-6,9-10,12H2,1H3. The molecule has 1 fully saturated rings. The van der Waals surface area contributed by atoms with Gasteiger partial charge in [-0.2, -0.15) is 0 Å². The lowest BCUT2D eigenvalue weighted by molar-refractivity contribution is 0.556. The minimum absolute atomic E-state index is 0.875. The molecule has 0 radical (unpaired) electrons. The second-order valence-corrected chi connectivity index (χ2v) is 5.48. The van der Waals surface area contributed by atoms with Crippen molar-refractivity contribution < 1.29 is 0 Å². The lowest BCUT2D eigenvalue weighted by Crippen LogP contribution is -2.27. The predicted molar refractivity (Wildman–Crippen MR) is 79.5 cm³/mol. The minimum Gasteiger partial charge on any atom is -0.370 e. The van der Waals surface area contributed by atoms with Crippen molar-refractivity contribution in [3.05, 3.63) is 28.8 Å². The first-order valence-electron chi connectivity index (χ1n) is 6.99. The molecular weight excluding hydrogens is 244 g/mol. The Morgan fingerprint density at radius 2 is 1.78 bits per heavy atom. The number of anilines is 1. The van der Waals surface area contributed by atoms with Crippen LogP contribution < -0.4 is 10.2 Å². The number of rotatable bonds is 3. The fourth-order valence-electron chi connectivity index (χ4n) is 2.61. The van der Waals surface area contributed by atoms with Crippen LogP contribution in [0.25, 0.3) is 0 Å². The van der Waals surface area contributed by atoms with Crippen molar-refractivity contribution in [1.82, 2.24) is 5.32 Å². The van der Waals surface area contributed by atoms with Gasteiger partial charge in [0.25, 0.3) is 0 Å². The Labute approximate surface area is 115 Å². The van der Waals surface area contributed by atoms with Gasteiger partial charge >= 0.3 is 0 Å². The van der Waals surface area contributed by atoms with Gasteiger partial charge in [-0.15, -0.1) is 0 Å². The average Bonchev–Trinajstić information content (AvgIpc) is 2.30. The molecule has 1 aromatic carbocycles. The van der Waals surface area contributed by atoms with E-state index < -0.39 is 0 Å². The predicted octanol–water partition coefficient (Wildman–Crippen LogP) is 3.83. The maximum atomic E-state index is 6.42. The summed E-state index contributed by atoms with van der Waals surface area (Å²) in [4.78, 5) is 2.45. The van der Waals surface area contributed by atoms with E-state index in [-0.39, 0.29) is 0 Å². The summed E-state index contributed by atoms with van der Waals surface area (Å²) in [6.07, 6.45) is 6.67. The molecule has 1 aromatic rings. The average molecular weight is 267 g/mol. The molecule has 0 bridgehead atoms. The van der Waals surface area contributed by atoms with Crippen LogP contribution in [-0.4, -0.2) is 20.1 Å². The third kappa shape index (κ3) is 3.63. The van der Waals surface area contributed by atoms with Crippen LogP contribution in [-0.2, 0) is 6.54 Å². The first kappa shape index (κ1) is 13.7. The molecule has 0 aromatic heterocycles. The van der Waals surface area contributed by atoms with Crippen molar-refractivity contribution in [3.8, 4) is 0 Å². The van der Waals surface area contributed by atoms with Gasteiger partial charge in [0.05, 0.1) is 10.7 Å². The first-order chi connectivity index (χ1) is 8.81. The van der Waals surface area contributed by atoms with E-state index in [9.17, 15) is 0 Å². The molecule has 0 amide bonds. The first-order valence-corrected chi connectivity index (χ1v) is 7.37. The van der Waals surface area contributed by atoms with Crippen LogP contribution in [0, 0.1) is 0 Å². The zero-order valence-electron chi connectivity index (χ0n) is 11.2. The Kier molecular flexibility index (Phi) is 5.33. The normalized spacial score (nSPS) is 17.3. The van der Waals surface area contributed by atoms with Crippen LogP contribution >= 0.6 is 11.6 Å². The number of hydrogen-bond donors (Lipinski definition) is 1. The fourth-order valence-corrected chi connectivity index (χ4v) is 2.93. The smallest absolute Gasteiger partial charge is 0.0642 e. The summed E-state index contributed by atoms with van der Waals surface area (Å²) in [6.45, 7) is 3.16. The topological polar surface area (TPSA) is 15.3 Å². The highest BCUT2D eigenvalue weighted by molar-refractivity contribution is 6.33. The second-order valence-electron chi connectivity index (χ2n) is 5.07. The lowest BCUT2D eigenvalue weighted by Gasteiger charge is -2.28. The molecule has 0 atom stereocenters. The Balaban J connectivity index is 2.10. The molecule has 100 valence electrons. The Hall–Kier alpha value is -0.730. The van der Waals surface area contributed by atoms with Gasteiger partial charge in [-0.25, -0.2) is 0 Å². The van der Waals surface area contributed by atoms with E-state index >= 15 is 0 Å². The van der Waals surface area contributed by atoms with Crippen molar-refractivity contribution in [3.63, 3.8) is 0 Å². The van der Waals surface area contributed by atoms with Gasteiger partial charge in [0.2, 0.25) is 0 Å².